The fraction of sp³-hybridized carbons (Fsp3) is 0.562. The van der Waals surface area contributed by atoms with Crippen LogP contribution in [0.25, 0.3) is 11.1 Å². The molecule has 1 aliphatic rings. The van der Waals surface area contributed by atoms with Gasteiger partial charge in [0.25, 0.3) is 0 Å². The monoisotopic (exact) mass is 618 g/mol. The van der Waals surface area contributed by atoms with Crippen molar-refractivity contribution in [1.82, 2.24) is 4.90 Å². The molecule has 0 aliphatic heterocycles. The molecule has 0 spiro atoms. The van der Waals surface area contributed by atoms with Gasteiger partial charge in [-0.2, -0.15) is 13.2 Å². The molecule has 2 aromatic rings. The minimum absolute atomic E-state index is 0.0252. The van der Waals surface area contributed by atoms with Crippen LogP contribution >= 0.6 is 0 Å². The number of alkyl halides is 3. The van der Waals surface area contributed by atoms with Gasteiger partial charge in [-0.1, -0.05) is 18.9 Å². The van der Waals surface area contributed by atoms with E-state index in [1.165, 1.54) is 11.0 Å². The second kappa shape index (κ2) is 15.8. The predicted octanol–water partition coefficient (Wildman–Crippen LogP) is 8.34. The quantitative estimate of drug-likeness (QED) is 0.152. The summed E-state index contributed by atoms with van der Waals surface area (Å²) in [5, 5.41) is 10.0. The Hall–Kier alpha value is -2.46. The van der Waals surface area contributed by atoms with E-state index in [-0.39, 0.29) is 55.2 Å². The molecule has 0 aromatic heterocycles. The standard InChI is InChI=1S/C32H42F5NO3S/c1-38(19-9-21-42(40,41)20-7-5-17-32(35,36)37)18-6-3-2-4-11-28-27-15-14-26(39)22-24(27)10-8-12-29(28)30-23-25(33)13-16-31(30)34/h13-16,22-23,39H,2-12,17-21H2,1H3/i1D3. The second-order valence-electron chi connectivity index (χ2n) is 11.0. The Balaban J connectivity index is 1.55. The van der Waals surface area contributed by atoms with Crippen molar-refractivity contribution in [3.05, 3.63) is 64.7 Å². The first-order chi connectivity index (χ1) is 21.1. The molecule has 0 fully saturated rings. The number of unbranched alkanes of at least 4 members (excludes halogenated alkanes) is 4. The number of rotatable bonds is 16. The Morgan fingerprint density at radius 2 is 1.62 bits per heavy atom. The lowest BCUT2D eigenvalue weighted by atomic mass is 9.88. The van der Waals surface area contributed by atoms with Crippen molar-refractivity contribution < 1.29 is 39.6 Å². The maximum Gasteiger partial charge on any atom is 0.389 e. The number of hydrogen-bond donors (Lipinski definition) is 1. The fourth-order valence-electron chi connectivity index (χ4n) is 5.46. The van der Waals surface area contributed by atoms with E-state index in [2.05, 4.69) is 0 Å². The van der Waals surface area contributed by atoms with E-state index in [1.807, 2.05) is 6.07 Å². The maximum absolute atomic E-state index is 14.9. The van der Waals surface area contributed by atoms with Crippen LogP contribution in [0.3, 0.4) is 0 Å². The summed E-state index contributed by atoms with van der Waals surface area (Å²) in [6.07, 6.45) is -0.357. The molecule has 0 atom stereocenters. The number of halogens is 5. The van der Waals surface area contributed by atoms with Gasteiger partial charge in [-0.25, -0.2) is 17.2 Å². The number of hydrogen-bond acceptors (Lipinski definition) is 4. The average Bonchev–Trinajstić information content (AvgIpc) is 3.11. The van der Waals surface area contributed by atoms with Gasteiger partial charge in [0.1, 0.15) is 27.2 Å². The van der Waals surface area contributed by atoms with E-state index < -0.39 is 41.0 Å². The smallest absolute Gasteiger partial charge is 0.389 e. The van der Waals surface area contributed by atoms with Crippen LogP contribution in [-0.2, 0) is 16.3 Å². The molecule has 0 heterocycles. The summed E-state index contributed by atoms with van der Waals surface area (Å²) in [6.45, 7) is -2.16. The highest BCUT2D eigenvalue weighted by atomic mass is 32.2. The number of aryl methyl sites for hydroxylation is 1. The summed E-state index contributed by atoms with van der Waals surface area (Å²) in [6, 6.07) is 8.56. The molecule has 42 heavy (non-hydrogen) atoms. The molecule has 2 aromatic carbocycles. The van der Waals surface area contributed by atoms with Crippen molar-refractivity contribution in [2.45, 2.75) is 83.2 Å². The van der Waals surface area contributed by atoms with Crippen LogP contribution in [0.15, 0.2) is 36.4 Å². The first-order valence-corrected chi connectivity index (χ1v) is 16.4. The fourth-order valence-corrected chi connectivity index (χ4v) is 6.87. The number of phenols is 1. The van der Waals surface area contributed by atoms with Crippen molar-refractivity contribution >= 4 is 21.0 Å². The molecule has 234 valence electrons. The summed E-state index contributed by atoms with van der Waals surface area (Å²) in [5.41, 5.74) is 3.76. The van der Waals surface area contributed by atoms with Gasteiger partial charge in [0, 0.05) is 16.1 Å². The van der Waals surface area contributed by atoms with E-state index in [0.29, 0.717) is 32.1 Å². The largest absolute Gasteiger partial charge is 0.508 e. The maximum atomic E-state index is 14.9. The van der Waals surface area contributed by atoms with E-state index in [1.54, 1.807) is 12.1 Å². The van der Waals surface area contributed by atoms with Crippen LogP contribution in [0.4, 0.5) is 22.0 Å². The third kappa shape index (κ3) is 11.3. The van der Waals surface area contributed by atoms with Crippen molar-refractivity contribution in [3.63, 3.8) is 0 Å². The summed E-state index contributed by atoms with van der Waals surface area (Å²) < 4.78 is 114. The van der Waals surface area contributed by atoms with E-state index >= 15 is 0 Å². The Bertz CT molecular complexity index is 1410. The third-order valence-electron chi connectivity index (χ3n) is 7.56. The highest BCUT2D eigenvalue weighted by Crippen LogP contribution is 2.40. The Kier molecular flexibility index (Phi) is 11.2. The molecule has 0 saturated heterocycles. The average molecular weight is 619 g/mol. The van der Waals surface area contributed by atoms with Gasteiger partial charge in [-0.3, -0.25) is 0 Å². The van der Waals surface area contributed by atoms with Crippen molar-refractivity contribution in [1.29, 1.82) is 0 Å². The molecule has 0 bridgehead atoms. The number of phenolic OH excluding ortho intramolecular Hbond substituents is 1. The number of fused-ring (bicyclic) bond motifs is 1. The zero-order valence-corrected chi connectivity index (χ0v) is 24.6. The Labute approximate surface area is 250 Å². The molecular weight excluding hydrogens is 573 g/mol. The highest BCUT2D eigenvalue weighted by molar-refractivity contribution is 7.91. The molecule has 0 radical (unpaired) electrons. The summed E-state index contributed by atoms with van der Waals surface area (Å²) in [5.74, 6) is -1.51. The number of sulfone groups is 1. The predicted molar refractivity (Wildman–Crippen MR) is 158 cm³/mol. The minimum atomic E-state index is -4.32. The van der Waals surface area contributed by atoms with Crippen molar-refractivity contribution in [2.75, 3.05) is 31.6 Å². The van der Waals surface area contributed by atoms with Crippen molar-refractivity contribution in [2.24, 2.45) is 0 Å². The first-order valence-electron chi connectivity index (χ1n) is 16.1. The molecule has 0 unspecified atom stereocenters. The number of allylic oxidation sites excluding steroid dienone is 2. The van der Waals surface area contributed by atoms with Crippen LogP contribution in [-0.4, -0.2) is 56.2 Å². The van der Waals surface area contributed by atoms with Gasteiger partial charge < -0.3 is 10.0 Å². The van der Waals surface area contributed by atoms with Gasteiger partial charge in [-0.15, -0.1) is 0 Å². The van der Waals surface area contributed by atoms with Gasteiger partial charge >= 0.3 is 6.18 Å². The normalized spacial score (nSPS) is 15.7. The second-order valence-corrected chi connectivity index (χ2v) is 13.3. The molecule has 1 N–H and O–H groups in total. The molecule has 1 aliphatic carbocycles. The summed E-state index contributed by atoms with van der Waals surface area (Å²) >= 11 is 0. The number of benzene rings is 2. The van der Waals surface area contributed by atoms with Gasteiger partial charge in [0.2, 0.25) is 0 Å². The Morgan fingerprint density at radius 3 is 2.38 bits per heavy atom. The molecular formula is C32H42F5NO3S. The zero-order chi connectivity index (χ0) is 33.3. The van der Waals surface area contributed by atoms with Gasteiger partial charge in [0.05, 0.1) is 11.5 Å². The first kappa shape index (κ1) is 29.6. The molecule has 0 saturated carbocycles. The van der Waals surface area contributed by atoms with Gasteiger partial charge in [0.15, 0.2) is 0 Å². The van der Waals surface area contributed by atoms with E-state index in [9.17, 15) is 35.5 Å². The van der Waals surface area contributed by atoms with E-state index in [0.717, 1.165) is 53.7 Å². The Morgan fingerprint density at radius 1 is 0.881 bits per heavy atom. The summed E-state index contributed by atoms with van der Waals surface area (Å²) in [7, 11) is -3.58. The van der Waals surface area contributed by atoms with Crippen LogP contribution in [0.5, 0.6) is 5.75 Å². The number of aromatic hydroxyl groups is 1. The highest BCUT2D eigenvalue weighted by Gasteiger charge is 2.26. The minimum Gasteiger partial charge on any atom is -0.508 e. The zero-order valence-electron chi connectivity index (χ0n) is 26.8. The van der Waals surface area contributed by atoms with Crippen LogP contribution in [0.2, 0.25) is 0 Å². The molecule has 3 rings (SSSR count). The summed E-state index contributed by atoms with van der Waals surface area (Å²) in [4.78, 5) is 1.26. The lowest BCUT2D eigenvalue weighted by Crippen LogP contribution is -2.23. The van der Waals surface area contributed by atoms with E-state index in [4.69, 9.17) is 4.11 Å². The molecule has 0 amide bonds. The van der Waals surface area contributed by atoms with Crippen molar-refractivity contribution in [3.8, 4) is 5.75 Å². The SMILES string of the molecule is [2H]C([2H])([2H])N(CCCCCCC1=C(c2cc(F)ccc2F)CCCc2cc(O)ccc21)CCCS(=O)(=O)CCCCC(F)(F)F. The third-order valence-corrected chi connectivity index (χ3v) is 9.38. The molecule has 4 nitrogen and oxygen atoms in total. The topological polar surface area (TPSA) is 57.6 Å². The lowest BCUT2D eigenvalue weighted by molar-refractivity contribution is -0.135. The van der Waals surface area contributed by atoms with Crippen LogP contribution in [0.1, 0.15) is 91.4 Å². The number of nitrogens with zero attached hydrogens (tertiary/aromatic N) is 1. The van der Waals surface area contributed by atoms with Crippen LogP contribution in [0, 0.1) is 11.6 Å². The lowest BCUT2D eigenvalue weighted by Gasteiger charge is -2.18. The molecule has 10 heteroatoms. The van der Waals surface area contributed by atoms with Gasteiger partial charge in [-0.05, 0) is 130 Å². The van der Waals surface area contributed by atoms with Crippen LogP contribution < -0.4 is 0 Å².